The molecular weight excluding hydrogens is 284 g/mol. The van der Waals surface area contributed by atoms with Gasteiger partial charge in [0.1, 0.15) is 0 Å². The van der Waals surface area contributed by atoms with E-state index in [1.165, 1.54) is 49.9 Å². The number of aliphatic hydroxyl groups excluding tert-OH is 1. The van der Waals surface area contributed by atoms with Crippen molar-refractivity contribution >= 4 is 11.3 Å². The number of hydrogen-bond acceptors (Lipinski definition) is 4. The second-order valence-electron chi connectivity index (χ2n) is 5.33. The van der Waals surface area contributed by atoms with E-state index < -0.39 is 0 Å². The minimum absolute atomic E-state index is 0.0220. The van der Waals surface area contributed by atoms with Gasteiger partial charge in [-0.1, -0.05) is 52.4 Å². The predicted octanol–water partition coefficient (Wildman–Crippen LogP) is 5.16. The Balaban J connectivity index is 2.38. The first-order valence-corrected chi connectivity index (χ1v) is 9.18. The Morgan fingerprint density at radius 1 is 0.905 bits per heavy atom. The molecular formula is C17H30O3S. The molecule has 4 heteroatoms. The molecule has 0 saturated heterocycles. The van der Waals surface area contributed by atoms with Gasteiger partial charge in [0, 0.05) is 5.38 Å². The van der Waals surface area contributed by atoms with Gasteiger partial charge < -0.3 is 14.6 Å². The molecule has 1 heterocycles. The van der Waals surface area contributed by atoms with Gasteiger partial charge in [-0.15, -0.1) is 11.3 Å². The maximum atomic E-state index is 9.39. The summed E-state index contributed by atoms with van der Waals surface area (Å²) in [6.45, 7) is 5.86. The van der Waals surface area contributed by atoms with Crippen molar-refractivity contribution in [3.05, 3.63) is 10.3 Å². The van der Waals surface area contributed by atoms with Crippen molar-refractivity contribution in [2.45, 2.75) is 71.8 Å². The zero-order valence-electron chi connectivity index (χ0n) is 13.5. The highest BCUT2D eigenvalue weighted by Crippen LogP contribution is 2.37. The van der Waals surface area contributed by atoms with E-state index in [0.29, 0.717) is 6.61 Å². The lowest BCUT2D eigenvalue weighted by atomic mass is 10.2. The van der Waals surface area contributed by atoms with Crippen LogP contribution in [0.15, 0.2) is 5.38 Å². The van der Waals surface area contributed by atoms with Gasteiger partial charge in [-0.3, -0.25) is 0 Å². The molecule has 0 fully saturated rings. The van der Waals surface area contributed by atoms with Gasteiger partial charge >= 0.3 is 0 Å². The molecule has 0 aliphatic carbocycles. The molecule has 0 bridgehead atoms. The van der Waals surface area contributed by atoms with Crippen molar-refractivity contribution in [1.82, 2.24) is 0 Å². The molecule has 122 valence electrons. The summed E-state index contributed by atoms with van der Waals surface area (Å²) < 4.78 is 11.7. The van der Waals surface area contributed by atoms with Crippen LogP contribution >= 0.6 is 11.3 Å². The summed E-state index contributed by atoms with van der Waals surface area (Å²) in [6, 6.07) is 0. The number of unbranched alkanes of at least 4 members (excludes halogenated alkanes) is 6. The van der Waals surface area contributed by atoms with Gasteiger partial charge in [-0.05, 0) is 12.8 Å². The molecule has 0 unspecified atom stereocenters. The quantitative estimate of drug-likeness (QED) is 0.511. The summed E-state index contributed by atoms with van der Waals surface area (Å²) in [5.74, 6) is 1.56. The van der Waals surface area contributed by atoms with Crippen molar-refractivity contribution in [3.63, 3.8) is 0 Å². The average Bonchev–Trinajstić information content (AvgIpc) is 2.89. The molecule has 0 atom stereocenters. The normalized spacial score (nSPS) is 10.8. The van der Waals surface area contributed by atoms with Crippen LogP contribution in [0.3, 0.4) is 0 Å². The Morgan fingerprint density at radius 2 is 1.52 bits per heavy atom. The number of aliphatic hydroxyl groups is 1. The summed E-state index contributed by atoms with van der Waals surface area (Å²) in [5, 5.41) is 11.3. The van der Waals surface area contributed by atoms with Gasteiger partial charge in [0.25, 0.3) is 0 Å². The Labute approximate surface area is 133 Å². The smallest absolute Gasteiger partial charge is 0.177 e. The Kier molecular flexibility index (Phi) is 10.3. The maximum Gasteiger partial charge on any atom is 0.177 e. The van der Waals surface area contributed by atoms with Crippen molar-refractivity contribution < 1.29 is 14.6 Å². The van der Waals surface area contributed by atoms with Gasteiger partial charge in [0.05, 0.1) is 24.7 Å². The standard InChI is InChI=1S/C17H30O3S/c1-3-5-7-9-11-19-15-14-21-16(13-18)17(15)20-12-10-8-6-4-2/h14,18H,3-13H2,1-2H3. The van der Waals surface area contributed by atoms with E-state index >= 15 is 0 Å². The van der Waals surface area contributed by atoms with Crippen LogP contribution in [0.1, 0.15) is 70.1 Å². The van der Waals surface area contributed by atoms with Crippen LogP contribution in [0.25, 0.3) is 0 Å². The van der Waals surface area contributed by atoms with Crippen LogP contribution < -0.4 is 9.47 Å². The Morgan fingerprint density at radius 3 is 2.10 bits per heavy atom. The van der Waals surface area contributed by atoms with E-state index in [-0.39, 0.29) is 6.61 Å². The Hall–Kier alpha value is -0.740. The molecule has 0 spiro atoms. The number of ether oxygens (including phenoxy) is 2. The third-order valence-electron chi connectivity index (χ3n) is 3.43. The van der Waals surface area contributed by atoms with Crippen LogP contribution in [0.4, 0.5) is 0 Å². The molecule has 1 rings (SSSR count). The summed E-state index contributed by atoms with van der Waals surface area (Å²) >= 11 is 1.51. The number of thiophene rings is 1. The molecule has 0 amide bonds. The molecule has 0 radical (unpaired) electrons. The monoisotopic (exact) mass is 314 g/mol. The highest BCUT2D eigenvalue weighted by Gasteiger charge is 2.13. The number of rotatable bonds is 13. The third-order valence-corrected chi connectivity index (χ3v) is 4.36. The minimum Gasteiger partial charge on any atom is -0.489 e. The fourth-order valence-electron chi connectivity index (χ4n) is 2.14. The fraction of sp³-hybridized carbons (Fsp3) is 0.765. The molecule has 3 nitrogen and oxygen atoms in total. The molecule has 0 aliphatic heterocycles. The van der Waals surface area contributed by atoms with Gasteiger partial charge in [0.15, 0.2) is 11.5 Å². The molecule has 1 aromatic rings. The average molecular weight is 314 g/mol. The zero-order chi connectivity index (χ0) is 15.3. The summed E-state index contributed by atoms with van der Waals surface area (Å²) in [4.78, 5) is 0.869. The van der Waals surface area contributed by atoms with Gasteiger partial charge in [-0.2, -0.15) is 0 Å². The first-order chi connectivity index (χ1) is 10.3. The maximum absolute atomic E-state index is 9.39. The zero-order valence-corrected chi connectivity index (χ0v) is 14.3. The minimum atomic E-state index is 0.0220. The fourth-order valence-corrected chi connectivity index (χ4v) is 2.91. The predicted molar refractivity (Wildman–Crippen MR) is 89.5 cm³/mol. The Bertz CT molecular complexity index is 363. The largest absolute Gasteiger partial charge is 0.489 e. The third kappa shape index (κ3) is 7.18. The molecule has 1 aromatic heterocycles. The first-order valence-electron chi connectivity index (χ1n) is 8.30. The number of hydrogen-bond donors (Lipinski definition) is 1. The molecule has 0 aromatic carbocycles. The lowest BCUT2D eigenvalue weighted by Gasteiger charge is -2.10. The highest BCUT2D eigenvalue weighted by molar-refractivity contribution is 7.10. The summed E-state index contributed by atoms with van der Waals surface area (Å²) in [6.07, 6.45) is 9.52. The van der Waals surface area contributed by atoms with E-state index in [2.05, 4.69) is 13.8 Å². The van der Waals surface area contributed by atoms with Crippen molar-refractivity contribution in [1.29, 1.82) is 0 Å². The SMILES string of the molecule is CCCCCCOc1csc(CO)c1OCCCCCC. The van der Waals surface area contributed by atoms with E-state index in [1.807, 2.05) is 5.38 Å². The van der Waals surface area contributed by atoms with Crippen LogP contribution in [0.2, 0.25) is 0 Å². The van der Waals surface area contributed by atoms with Crippen LogP contribution in [-0.2, 0) is 6.61 Å². The van der Waals surface area contributed by atoms with E-state index in [9.17, 15) is 5.11 Å². The van der Waals surface area contributed by atoms with Crippen LogP contribution in [0, 0.1) is 0 Å². The van der Waals surface area contributed by atoms with Crippen molar-refractivity contribution in [2.75, 3.05) is 13.2 Å². The second-order valence-corrected chi connectivity index (χ2v) is 6.29. The van der Waals surface area contributed by atoms with Crippen molar-refractivity contribution in [2.24, 2.45) is 0 Å². The van der Waals surface area contributed by atoms with Crippen LogP contribution in [0.5, 0.6) is 11.5 Å². The topological polar surface area (TPSA) is 38.7 Å². The van der Waals surface area contributed by atoms with Gasteiger partial charge in [-0.25, -0.2) is 0 Å². The second kappa shape index (κ2) is 11.9. The van der Waals surface area contributed by atoms with Crippen LogP contribution in [-0.4, -0.2) is 18.3 Å². The molecule has 21 heavy (non-hydrogen) atoms. The van der Waals surface area contributed by atoms with Crippen molar-refractivity contribution in [3.8, 4) is 11.5 Å². The lowest BCUT2D eigenvalue weighted by molar-refractivity contribution is 0.244. The summed E-state index contributed by atoms with van der Waals surface area (Å²) in [7, 11) is 0. The molecule has 0 aliphatic rings. The highest BCUT2D eigenvalue weighted by atomic mass is 32.1. The van der Waals surface area contributed by atoms with E-state index in [0.717, 1.165) is 35.8 Å². The van der Waals surface area contributed by atoms with E-state index in [4.69, 9.17) is 9.47 Å². The van der Waals surface area contributed by atoms with E-state index in [1.54, 1.807) is 0 Å². The summed E-state index contributed by atoms with van der Waals surface area (Å²) in [5.41, 5.74) is 0. The lowest BCUT2D eigenvalue weighted by Crippen LogP contribution is -2.02. The first kappa shape index (κ1) is 18.3. The van der Waals surface area contributed by atoms with Gasteiger partial charge in [0.2, 0.25) is 0 Å². The molecule has 1 N–H and O–H groups in total. The molecule has 0 saturated carbocycles.